The molecule has 0 bridgehead atoms. The number of rotatable bonds is 4. The van der Waals surface area contributed by atoms with Gasteiger partial charge in [-0.3, -0.25) is 4.79 Å². The zero-order chi connectivity index (χ0) is 14.6. The van der Waals surface area contributed by atoms with Crippen LogP contribution in [-0.2, 0) is 10.2 Å². The second-order valence-corrected chi connectivity index (χ2v) is 5.37. The molecule has 1 rings (SSSR count). The van der Waals surface area contributed by atoms with Gasteiger partial charge in [-0.25, -0.2) is 4.79 Å². The van der Waals surface area contributed by atoms with Crippen molar-refractivity contribution in [1.29, 1.82) is 0 Å². The van der Waals surface area contributed by atoms with Gasteiger partial charge in [0, 0.05) is 5.56 Å². The lowest BCUT2D eigenvalue weighted by atomic mass is 9.86. The number of aliphatic hydroxyl groups excluding tert-OH is 1. The highest BCUT2D eigenvalue weighted by Gasteiger charge is 2.20. The largest absolute Gasteiger partial charge is 0.480 e. The lowest BCUT2D eigenvalue weighted by molar-refractivity contribution is -0.140. The van der Waals surface area contributed by atoms with Gasteiger partial charge in [0.1, 0.15) is 0 Å². The van der Waals surface area contributed by atoms with Crippen LogP contribution in [-0.4, -0.2) is 34.7 Å². The van der Waals surface area contributed by atoms with Gasteiger partial charge >= 0.3 is 5.97 Å². The van der Waals surface area contributed by atoms with Crippen LogP contribution in [0.1, 0.15) is 36.7 Å². The van der Waals surface area contributed by atoms with Crippen LogP contribution < -0.4 is 5.32 Å². The third-order valence-corrected chi connectivity index (χ3v) is 2.80. The number of carbonyl (C=O) groups excluding carboxylic acids is 1. The predicted molar refractivity (Wildman–Crippen MR) is 71.1 cm³/mol. The number of amides is 1. The molecule has 1 aromatic carbocycles. The number of nitrogens with one attached hydrogen (secondary N) is 1. The zero-order valence-electron chi connectivity index (χ0n) is 11.3. The molecule has 5 nitrogen and oxygen atoms in total. The lowest BCUT2D eigenvalue weighted by Gasteiger charge is -2.19. The van der Waals surface area contributed by atoms with Crippen LogP contribution in [0.2, 0.25) is 0 Å². The van der Waals surface area contributed by atoms with Crippen molar-refractivity contribution in [2.75, 3.05) is 6.61 Å². The van der Waals surface area contributed by atoms with Gasteiger partial charge in [-0.1, -0.05) is 32.9 Å². The fourth-order valence-electron chi connectivity index (χ4n) is 1.55. The summed E-state index contributed by atoms with van der Waals surface area (Å²) in [5, 5.41) is 19.8. The van der Waals surface area contributed by atoms with E-state index in [1.807, 2.05) is 12.1 Å². The van der Waals surface area contributed by atoms with Crippen LogP contribution in [0.15, 0.2) is 24.3 Å². The fraction of sp³-hybridized carbons (Fsp3) is 0.429. The first kappa shape index (κ1) is 15.2. The highest BCUT2D eigenvalue weighted by molar-refractivity contribution is 5.96. The predicted octanol–water partition coefficient (Wildman–Crippen LogP) is 1.16. The van der Waals surface area contributed by atoms with Crippen molar-refractivity contribution in [1.82, 2.24) is 5.32 Å². The summed E-state index contributed by atoms with van der Waals surface area (Å²) < 4.78 is 0. The molecule has 0 heterocycles. The first-order valence-corrected chi connectivity index (χ1v) is 6.01. The summed E-state index contributed by atoms with van der Waals surface area (Å²) in [6.45, 7) is 5.55. The van der Waals surface area contributed by atoms with E-state index >= 15 is 0 Å². The first-order chi connectivity index (χ1) is 8.75. The Hall–Kier alpha value is -1.88. The van der Waals surface area contributed by atoms with E-state index in [-0.39, 0.29) is 5.41 Å². The van der Waals surface area contributed by atoms with Crippen molar-refractivity contribution in [3.63, 3.8) is 0 Å². The summed E-state index contributed by atoms with van der Waals surface area (Å²) in [5.74, 6) is -1.77. The number of aliphatic carboxylic acids is 1. The van der Waals surface area contributed by atoms with Crippen molar-refractivity contribution in [3.05, 3.63) is 35.4 Å². The zero-order valence-corrected chi connectivity index (χ0v) is 11.3. The average molecular weight is 265 g/mol. The van der Waals surface area contributed by atoms with E-state index in [0.717, 1.165) is 5.56 Å². The minimum absolute atomic E-state index is 0.0102. The van der Waals surface area contributed by atoms with Crippen LogP contribution in [0.25, 0.3) is 0 Å². The number of carbonyl (C=O) groups is 2. The van der Waals surface area contributed by atoms with Crippen molar-refractivity contribution in [2.24, 2.45) is 0 Å². The van der Waals surface area contributed by atoms with Crippen LogP contribution in [0.3, 0.4) is 0 Å². The summed E-state index contributed by atoms with van der Waals surface area (Å²) in [4.78, 5) is 22.5. The maximum atomic E-state index is 11.8. The molecule has 1 aromatic rings. The Morgan fingerprint density at radius 2 is 1.74 bits per heavy atom. The van der Waals surface area contributed by atoms with Gasteiger partial charge < -0.3 is 15.5 Å². The number of aliphatic hydroxyl groups is 1. The first-order valence-electron chi connectivity index (χ1n) is 6.01. The Morgan fingerprint density at radius 1 is 1.21 bits per heavy atom. The Morgan fingerprint density at radius 3 is 2.11 bits per heavy atom. The number of hydrogen-bond donors (Lipinski definition) is 3. The number of carboxylic acid groups (broad SMARTS) is 1. The van der Waals surface area contributed by atoms with Crippen molar-refractivity contribution >= 4 is 11.9 Å². The van der Waals surface area contributed by atoms with E-state index in [4.69, 9.17) is 10.2 Å². The maximum Gasteiger partial charge on any atom is 0.328 e. The molecule has 3 N–H and O–H groups in total. The van der Waals surface area contributed by atoms with Gasteiger partial charge in [-0.05, 0) is 23.1 Å². The van der Waals surface area contributed by atoms with Gasteiger partial charge in [0.25, 0.3) is 5.91 Å². The fourth-order valence-corrected chi connectivity index (χ4v) is 1.55. The molecule has 104 valence electrons. The van der Waals surface area contributed by atoms with E-state index in [2.05, 4.69) is 26.1 Å². The molecule has 0 radical (unpaired) electrons. The van der Waals surface area contributed by atoms with Crippen LogP contribution in [0.4, 0.5) is 0 Å². The Labute approximate surface area is 112 Å². The molecule has 0 fully saturated rings. The van der Waals surface area contributed by atoms with Gasteiger partial charge in [0.05, 0.1) is 6.61 Å². The standard InChI is InChI=1S/C14H19NO4/c1-14(2,3)10-6-4-9(5-7-10)12(17)15-11(8-16)13(18)19/h4-7,11,16H,8H2,1-3H3,(H,15,17)(H,18,19). The molecule has 1 atom stereocenters. The maximum absolute atomic E-state index is 11.8. The molecule has 19 heavy (non-hydrogen) atoms. The van der Waals surface area contributed by atoms with Gasteiger partial charge in [0.2, 0.25) is 0 Å². The summed E-state index contributed by atoms with van der Waals surface area (Å²) >= 11 is 0. The van der Waals surface area contributed by atoms with Crippen LogP contribution in [0.5, 0.6) is 0 Å². The molecule has 5 heteroatoms. The number of benzene rings is 1. The van der Waals surface area contributed by atoms with Crippen molar-refractivity contribution in [2.45, 2.75) is 32.2 Å². The molecule has 0 saturated carbocycles. The smallest absolute Gasteiger partial charge is 0.328 e. The SMILES string of the molecule is CC(C)(C)c1ccc(C(=O)NC(CO)C(=O)O)cc1. The van der Waals surface area contributed by atoms with Gasteiger partial charge in [-0.2, -0.15) is 0 Å². The van der Waals surface area contributed by atoms with E-state index in [1.165, 1.54) is 0 Å². The molecule has 0 aliphatic heterocycles. The molecular formula is C14H19NO4. The Kier molecular flexibility index (Phi) is 4.67. The Bertz CT molecular complexity index is 459. The van der Waals surface area contributed by atoms with Gasteiger partial charge in [-0.15, -0.1) is 0 Å². The van der Waals surface area contributed by atoms with E-state index in [1.54, 1.807) is 12.1 Å². The third kappa shape index (κ3) is 4.06. The molecule has 0 aliphatic carbocycles. The summed E-state index contributed by atoms with van der Waals surface area (Å²) in [6.07, 6.45) is 0. The van der Waals surface area contributed by atoms with Crippen LogP contribution >= 0.6 is 0 Å². The highest BCUT2D eigenvalue weighted by Crippen LogP contribution is 2.22. The topological polar surface area (TPSA) is 86.6 Å². The molecule has 1 amide bonds. The molecular weight excluding hydrogens is 246 g/mol. The average Bonchev–Trinajstić information content (AvgIpc) is 2.34. The lowest BCUT2D eigenvalue weighted by Crippen LogP contribution is -2.43. The summed E-state index contributed by atoms with van der Waals surface area (Å²) in [6, 6.07) is 5.68. The summed E-state index contributed by atoms with van der Waals surface area (Å²) in [5.41, 5.74) is 1.44. The molecule has 0 saturated heterocycles. The third-order valence-electron chi connectivity index (χ3n) is 2.80. The van der Waals surface area contributed by atoms with Crippen molar-refractivity contribution in [3.8, 4) is 0 Å². The summed E-state index contributed by atoms with van der Waals surface area (Å²) in [7, 11) is 0. The quantitative estimate of drug-likeness (QED) is 0.762. The van der Waals surface area contributed by atoms with E-state index < -0.39 is 24.5 Å². The molecule has 0 spiro atoms. The number of carboxylic acids is 1. The second-order valence-electron chi connectivity index (χ2n) is 5.37. The highest BCUT2D eigenvalue weighted by atomic mass is 16.4. The molecule has 0 aromatic heterocycles. The van der Waals surface area contributed by atoms with Crippen molar-refractivity contribution < 1.29 is 19.8 Å². The monoisotopic (exact) mass is 265 g/mol. The normalized spacial score (nSPS) is 12.8. The van der Waals surface area contributed by atoms with E-state index in [0.29, 0.717) is 5.56 Å². The second kappa shape index (κ2) is 5.84. The minimum atomic E-state index is -1.28. The van der Waals surface area contributed by atoms with Crippen LogP contribution in [0, 0.1) is 0 Å². The minimum Gasteiger partial charge on any atom is -0.480 e. The Balaban J connectivity index is 2.81. The number of hydrogen-bond acceptors (Lipinski definition) is 3. The van der Waals surface area contributed by atoms with E-state index in [9.17, 15) is 9.59 Å². The molecule has 1 unspecified atom stereocenters. The van der Waals surface area contributed by atoms with Gasteiger partial charge in [0.15, 0.2) is 6.04 Å². The molecule has 0 aliphatic rings.